The van der Waals surface area contributed by atoms with Gasteiger partial charge in [-0.15, -0.1) is 0 Å². The molecule has 2 N–H and O–H groups in total. The topological polar surface area (TPSA) is 110 Å². The number of amides is 1. The molecule has 34 heavy (non-hydrogen) atoms. The second-order valence-electron chi connectivity index (χ2n) is 7.91. The number of ether oxygens (including phenoxy) is 1. The van der Waals surface area contributed by atoms with E-state index in [1.54, 1.807) is 12.1 Å². The summed E-state index contributed by atoms with van der Waals surface area (Å²) in [5.41, 5.74) is 4.12. The van der Waals surface area contributed by atoms with Crippen LogP contribution in [-0.4, -0.2) is 21.0 Å². The molecule has 8 nitrogen and oxygen atoms in total. The minimum absolute atomic E-state index is 0.137. The van der Waals surface area contributed by atoms with Crippen LogP contribution in [0.25, 0.3) is 11.3 Å². The zero-order chi connectivity index (χ0) is 24.4. The Morgan fingerprint density at radius 3 is 2.50 bits per heavy atom. The van der Waals surface area contributed by atoms with Crippen molar-refractivity contribution in [1.29, 1.82) is 0 Å². The van der Waals surface area contributed by atoms with Gasteiger partial charge in [0, 0.05) is 17.7 Å². The van der Waals surface area contributed by atoms with Gasteiger partial charge in [-0.25, -0.2) is 4.39 Å². The third-order valence-corrected chi connectivity index (χ3v) is 5.31. The highest BCUT2D eigenvalue weighted by molar-refractivity contribution is 6.03. The summed E-state index contributed by atoms with van der Waals surface area (Å²) in [5, 5.41) is 20.8. The molecule has 3 aromatic carbocycles. The highest BCUT2D eigenvalue weighted by Crippen LogP contribution is 2.33. The molecule has 4 rings (SSSR count). The molecular formula is C25H21FN4O4. The molecule has 0 fully saturated rings. The first-order chi connectivity index (χ1) is 16.2. The second-order valence-corrected chi connectivity index (χ2v) is 7.91. The first kappa shape index (κ1) is 22.7. The number of nitro groups is 1. The number of hydrogen-bond donors (Lipinski definition) is 2. The summed E-state index contributed by atoms with van der Waals surface area (Å²) in [6.45, 7) is 5.79. The lowest BCUT2D eigenvalue weighted by molar-refractivity contribution is -0.384. The number of non-ortho nitro benzene ring substituents is 1. The number of H-pyrrole nitrogens is 1. The molecule has 0 bridgehead atoms. The van der Waals surface area contributed by atoms with E-state index in [1.165, 1.54) is 36.4 Å². The molecule has 9 heteroatoms. The average molecular weight is 460 g/mol. The van der Waals surface area contributed by atoms with Crippen LogP contribution in [0.1, 0.15) is 27.2 Å². The predicted molar refractivity (Wildman–Crippen MR) is 126 cm³/mol. The summed E-state index contributed by atoms with van der Waals surface area (Å²) in [6.07, 6.45) is 0. The molecule has 0 saturated carbocycles. The van der Waals surface area contributed by atoms with Gasteiger partial charge < -0.3 is 10.1 Å². The lowest BCUT2D eigenvalue weighted by Crippen LogP contribution is -2.12. The van der Waals surface area contributed by atoms with Crippen molar-refractivity contribution in [2.24, 2.45) is 0 Å². The number of hydrogen-bond acceptors (Lipinski definition) is 5. The van der Waals surface area contributed by atoms with Gasteiger partial charge in [-0.1, -0.05) is 6.07 Å². The van der Waals surface area contributed by atoms with Crippen molar-refractivity contribution in [2.75, 3.05) is 5.32 Å². The van der Waals surface area contributed by atoms with Crippen molar-refractivity contribution >= 4 is 17.3 Å². The molecule has 0 aliphatic carbocycles. The van der Waals surface area contributed by atoms with E-state index in [-0.39, 0.29) is 28.6 Å². The Balaban J connectivity index is 1.59. The number of rotatable bonds is 6. The van der Waals surface area contributed by atoms with E-state index in [2.05, 4.69) is 15.5 Å². The number of benzene rings is 3. The van der Waals surface area contributed by atoms with E-state index in [4.69, 9.17) is 4.74 Å². The van der Waals surface area contributed by atoms with Crippen LogP contribution >= 0.6 is 0 Å². The zero-order valence-electron chi connectivity index (χ0n) is 18.7. The normalized spacial score (nSPS) is 10.7. The Morgan fingerprint density at radius 2 is 1.79 bits per heavy atom. The summed E-state index contributed by atoms with van der Waals surface area (Å²) in [7, 11) is 0. The number of aromatic nitrogens is 2. The summed E-state index contributed by atoms with van der Waals surface area (Å²) in [4.78, 5) is 23.7. The van der Waals surface area contributed by atoms with Crippen LogP contribution in [0.3, 0.4) is 0 Å². The van der Waals surface area contributed by atoms with Gasteiger partial charge in [-0.3, -0.25) is 20.0 Å². The quantitative estimate of drug-likeness (QED) is 0.267. The SMILES string of the molecule is Cc1cc(C)c(C)c(Oc2cc(NC(=O)c3cc(-c4ccc(F)cc4)n[nH]3)cc([N+](=O)[O-])c2)c1. The van der Waals surface area contributed by atoms with E-state index in [0.717, 1.165) is 16.7 Å². The van der Waals surface area contributed by atoms with Crippen molar-refractivity contribution in [2.45, 2.75) is 20.8 Å². The zero-order valence-corrected chi connectivity index (χ0v) is 18.7. The van der Waals surface area contributed by atoms with Crippen molar-refractivity contribution in [1.82, 2.24) is 10.2 Å². The number of anilines is 1. The first-order valence-corrected chi connectivity index (χ1v) is 10.4. The number of nitrogens with zero attached hydrogens (tertiary/aromatic N) is 2. The molecule has 1 aromatic heterocycles. The van der Waals surface area contributed by atoms with Gasteiger partial charge in [-0.2, -0.15) is 5.10 Å². The lowest BCUT2D eigenvalue weighted by atomic mass is 10.1. The number of aromatic amines is 1. The van der Waals surface area contributed by atoms with Gasteiger partial charge in [0.2, 0.25) is 0 Å². The van der Waals surface area contributed by atoms with Gasteiger partial charge >= 0.3 is 0 Å². The van der Waals surface area contributed by atoms with Crippen molar-refractivity contribution in [3.05, 3.63) is 99.0 Å². The molecule has 0 aliphatic heterocycles. The molecule has 0 saturated heterocycles. The van der Waals surface area contributed by atoms with E-state index < -0.39 is 10.8 Å². The van der Waals surface area contributed by atoms with Crippen LogP contribution < -0.4 is 10.1 Å². The second kappa shape index (κ2) is 9.14. The third-order valence-electron chi connectivity index (χ3n) is 5.31. The van der Waals surface area contributed by atoms with Gasteiger partial charge in [0.05, 0.1) is 22.4 Å². The van der Waals surface area contributed by atoms with E-state index in [0.29, 0.717) is 17.0 Å². The van der Waals surface area contributed by atoms with Crippen LogP contribution in [0.15, 0.2) is 60.7 Å². The number of nitro benzene ring substituents is 1. The Labute approximate surface area is 194 Å². The van der Waals surface area contributed by atoms with Gasteiger partial charge in [0.15, 0.2) is 0 Å². The molecule has 0 atom stereocenters. The lowest BCUT2D eigenvalue weighted by Gasteiger charge is -2.13. The maximum Gasteiger partial charge on any atom is 0.275 e. The molecular weight excluding hydrogens is 439 g/mol. The average Bonchev–Trinajstić information content (AvgIpc) is 3.28. The highest BCUT2D eigenvalue weighted by atomic mass is 19.1. The summed E-state index contributed by atoms with van der Waals surface area (Å²) in [5.74, 6) is -0.131. The standard InChI is InChI=1S/C25H21FN4O4/c1-14-8-15(2)16(3)24(9-14)34-21-11-19(10-20(12-21)30(32)33)27-25(31)23-13-22(28-29-23)17-4-6-18(26)7-5-17/h4-13H,1-3H3,(H,27,31)(H,28,29). The van der Waals surface area contributed by atoms with Gasteiger partial charge in [-0.05, 0) is 73.9 Å². The molecule has 1 heterocycles. The fraction of sp³-hybridized carbons (Fsp3) is 0.120. The molecule has 0 radical (unpaired) electrons. The molecule has 0 spiro atoms. The van der Waals surface area contributed by atoms with Gasteiger partial charge in [0.25, 0.3) is 11.6 Å². The fourth-order valence-electron chi connectivity index (χ4n) is 3.46. The Bertz CT molecular complexity index is 1400. The summed E-state index contributed by atoms with van der Waals surface area (Å²) >= 11 is 0. The predicted octanol–water partition coefficient (Wildman–Crippen LogP) is 6.09. The molecule has 1 amide bonds. The largest absolute Gasteiger partial charge is 0.457 e. The van der Waals surface area contributed by atoms with Crippen LogP contribution in [0.2, 0.25) is 0 Å². The first-order valence-electron chi connectivity index (χ1n) is 10.4. The molecule has 172 valence electrons. The maximum atomic E-state index is 13.1. The number of carbonyl (C=O) groups excluding carboxylic acids is 1. The minimum atomic E-state index is -0.556. The summed E-state index contributed by atoms with van der Waals surface area (Å²) in [6, 6.07) is 15.1. The summed E-state index contributed by atoms with van der Waals surface area (Å²) < 4.78 is 19.1. The minimum Gasteiger partial charge on any atom is -0.457 e. The van der Waals surface area contributed by atoms with E-state index >= 15 is 0 Å². The monoisotopic (exact) mass is 460 g/mol. The number of nitrogens with one attached hydrogen (secondary N) is 2. The van der Waals surface area contributed by atoms with E-state index in [1.807, 2.05) is 32.9 Å². The number of aryl methyl sites for hydroxylation is 2. The Kier molecular flexibility index (Phi) is 6.09. The molecule has 0 unspecified atom stereocenters. The number of halogens is 1. The molecule has 0 aliphatic rings. The number of carbonyl (C=O) groups is 1. The van der Waals surface area contributed by atoms with Crippen LogP contribution in [-0.2, 0) is 0 Å². The van der Waals surface area contributed by atoms with E-state index in [9.17, 15) is 19.3 Å². The van der Waals surface area contributed by atoms with Gasteiger partial charge in [0.1, 0.15) is 23.0 Å². The molecule has 4 aromatic rings. The van der Waals surface area contributed by atoms with Crippen molar-refractivity contribution in [3.63, 3.8) is 0 Å². The smallest absolute Gasteiger partial charge is 0.275 e. The fourth-order valence-corrected chi connectivity index (χ4v) is 3.46. The maximum absolute atomic E-state index is 13.1. The third kappa shape index (κ3) is 4.93. The highest BCUT2D eigenvalue weighted by Gasteiger charge is 2.17. The Hall–Kier alpha value is -4.53. The van der Waals surface area contributed by atoms with Crippen molar-refractivity contribution < 1.29 is 18.8 Å². The van der Waals surface area contributed by atoms with Crippen LogP contribution in [0, 0.1) is 36.7 Å². The van der Waals surface area contributed by atoms with Crippen LogP contribution in [0.4, 0.5) is 15.8 Å². The Morgan fingerprint density at radius 1 is 1.06 bits per heavy atom. The van der Waals surface area contributed by atoms with Crippen LogP contribution in [0.5, 0.6) is 11.5 Å². The van der Waals surface area contributed by atoms with Crippen molar-refractivity contribution in [3.8, 4) is 22.8 Å².